The normalized spacial score (nSPS) is 17.4. The number of aliphatic hydroxyl groups excluding tert-OH is 1. The number of ether oxygens (including phenoxy) is 1. The summed E-state index contributed by atoms with van der Waals surface area (Å²) in [5.74, 6) is 1.78. The molecule has 1 fully saturated rings. The molecule has 1 aromatic carbocycles. The van der Waals surface area contributed by atoms with Gasteiger partial charge in [0.2, 0.25) is 0 Å². The van der Waals surface area contributed by atoms with Crippen LogP contribution in [0.2, 0.25) is 0 Å². The molecule has 2 heterocycles. The molecular weight excluding hydrogens is 404 g/mol. The van der Waals surface area contributed by atoms with Gasteiger partial charge in [0, 0.05) is 43.1 Å². The summed E-state index contributed by atoms with van der Waals surface area (Å²) in [5.41, 5.74) is 1.25. The highest BCUT2D eigenvalue weighted by atomic mass is 32.2. The first-order valence-corrected chi connectivity index (χ1v) is 11.1. The van der Waals surface area contributed by atoms with Gasteiger partial charge in [0.1, 0.15) is 11.5 Å². The number of aldehydes is 1. The van der Waals surface area contributed by atoms with Gasteiger partial charge in [0.15, 0.2) is 6.29 Å². The minimum absolute atomic E-state index is 0.0205. The standard InChI is InChI=1S/C22H26N2O5S/c1-15(26)12-19-17(4-3-8-23-19)22(28)24-9-11-30-14-16(24)7-10-29-21-6-2-5-20(27)18(21)13-25/h2-6,8,13,15-16,26-27H,7,9-12,14H2,1H3/t15?,16-/m1/s1. The third-order valence-electron chi connectivity index (χ3n) is 4.97. The lowest BCUT2D eigenvalue weighted by atomic mass is 10.1. The molecule has 0 aliphatic carbocycles. The summed E-state index contributed by atoms with van der Waals surface area (Å²) >= 11 is 1.79. The molecule has 1 aromatic heterocycles. The quantitative estimate of drug-likeness (QED) is 0.621. The van der Waals surface area contributed by atoms with Gasteiger partial charge >= 0.3 is 0 Å². The Bertz CT molecular complexity index is 890. The molecule has 7 nitrogen and oxygen atoms in total. The minimum Gasteiger partial charge on any atom is -0.507 e. The van der Waals surface area contributed by atoms with Gasteiger partial charge in [-0.3, -0.25) is 14.6 Å². The number of aromatic nitrogens is 1. The highest BCUT2D eigenvalue weighted by Gasteiger charge is 2.29. The monoisotopic (exact) mass is 430 g/mol. The zero-order chi connectivity index (χ0) is 21.5. The Balaban J connectivity index is 1.69. The number of carbonyl (C=O) groups excluding carboxylic acids is 2. The number of hydrogen-bond donors (Lipinski definition) is 2. The summed E-state index contributed by atoms with van der Waals surface area (Å²) in [6, 6.07) is 8.17. The Morgan fingerprint density at radius 1 is 1.40 bits per heavy atom. The van der Waals surface area contributed by atoms with Crippen LogP contribution in [0.3, 0.4) is 0 Å². The third kappa shape index (κ3) is 5.31. The molecule has 1 aliphatic rings. The van der Waals surface area contributed by atoms with Crippen LogP contribution in [0.5, 0.6) is 11.5 Å². The molecular formula is C22H26N2O5S. The average molecular weight is 431 g/mol. The second kappa shape index (κ2) is 10.4. The lowest BCUT2D eigenvalue weighted by Crippen LogP contribution is -2.47. The number of hydrogen-bond acceptors (Lipinski definition) is 7. The number of phenols is 1. The molecule has 3 rings (SSSR count). The van der Waals surface area contributed by atoms with E-state index >= 15 is 0 Å². The molecule has 0 radical (unpaired) electrons. The van der Waals surface area contributed by atoms with Gasteiger partial charge in [0.05, 0.1) is 29.5 Å². The molecule has 1 saturated heterocycles. The highest BCUT2D eigenvalue weighted by molar-refractivity contribution is 7.99. The second-order valence-corrected chi connectivity index (χ2v) is 8.37. The lowest BCUT2D eigenvalue weighted by Gasteiger charge is -2.36. The van der Waals surface area contributed by atoms with Gasteiger partial charge in [-0.25, -0.2) is 0 Å². The van der Waals surface area contributed by atoms with Crippen molar-refractivity contribution in [2.45, 2.75) is 31.9 Å². The molecule has 1 amide bonds. The number of aromatic hydroxyl groups is 1. The number of phenolic OH excluding ortho intramolecular Hbond substituents is 1. The number of aliphatic hydroxyl groups is 1. The van der Waals surface area contributed by atoms with Gasteiger partial charge in [-0.1, -0.05) is 6.07 Å². The van der Waals surface area contributed by atoms with Crippen molar-refractivity contribution in [3.05, 3.63) is 53.3 Å². The van der Waals surface area contributed by atoms with Crippen molar-refractivity contribution < 1.29 is 24.5 Å². The summed E-state index contributed by atoms with van der Waals surface area (Å²) < 4.78 is 5.74. The molecule has 0 bridgehead atoms. The van der Waals surface area contributed by atoms with Crippen molar-refractivity contribution in [2.24, 2.45) is 0 Å². The third-order valence-corrected chi connectivity index (χ3v) is 6.06. The van der Waals surface area contributed by atoms with Crippen LogP contribution in [-0.2, 0) is 6.42 Å². The van der Waals surface area contributed by atoms with Gasteiger partial charge in [0.25, 0.3) is 5.91 Å². The van der Waals surface area contributed by atoms with Crippen molar-refractivity contribution in [1.82, 2.24) is 9.88 Å². The van der Waals surface area contributed by atoms with Crippen LogP contribution in [0.4, 0.5) is 0 Å². The summed E-state index contributed by atoms with van der Waals surface area (Å²) in [5, 5.41) is 19.5. The van der Waals surface area contributed by atoms with Crippen molar-refractivity contribution in [1.29, 1.82) is 0 Å². The molecule has 1 unspecified atom stereocenters. The molecule has 0 saturated carbocycles. The van der Waals surface area contributed by atoms with Crippen LogP contribution in [0.15, 0.2) is 36.5 Å². The van der Waals surface area contributed by atoms with Crippen LogP contribution < -0.4 is 4.74 Å². The molecule has 1 aliphatic heterocycles. The van der Waals surface area contributed by atoms with E-state index in [0.717, 1.165) is 11.5 Å². The number of thioether (sulfide) groups is 1. The summed E-state index contributed by atoms with van der Waals surface area (Å²) in [6.45, 7) is 2.62. The smallest absolute Gasteiger partial charge is 0.256 e. The van der Waals surface area contributed by atoms with Crippen LogP contribution >= 0.6 is 11.8 Å². The molecule has 2 aromatic rings. The SMILES string of the molecule is CC(O)Cc1ncccc1C(=O)N1CCSC[C@H]1CCOc1cccc(O)c1C=O. The van der Waals surface area contributed by atoms with Crippen LogP contribution in [0, 0.1) is 0 Å². The number of carbonyl (C=O) groups is 2. The van der Waals surface area contributed by atoms with Gasteiger partial charge < -0.3 is 19.8 Å². The van der Waals surface area contributed by atoms with E-state index in [2.05, 4.69) is 4.98 Å². The molecule has 2 N–H and O–H groups in total. The average Bonchev–Trinajstić information content (AvgIpc) is 2.74. The first-order valence-electron chi connectivity index (χ1n) is 9.92. The first-order chi connectivity index (χ1) is 14.5. The Labute approximate surface area is 180 Å². The van der Waals surface area contributed by atoms with E-state index in [1.807, 2.05) is 4.90 Å². The van der Waals surface area contributed by atoms with Crippen LogP contribution in [0.1, 0.15) is 39.8 Å². The predicted molar refractivity (Wildman–Crippen MR) is 115 cm³/mol. The maximum Gasteiger partial charge on any atom is 0.256 e. The highest BCUT2D eigenvalue weighted by Crippen LogP contribution is 2.27. The Hall–Kier alpha value is -2.58. The fourth-order valence-electron chi connectivity index (χ4n) is 3.47. The zero-order valence-electron chi connectivity index (χ0n) is 16.9. The van der Waals surface area contributed by atoms with Crippen molar-refractivity contribution >= 4 is 24.0 Å². The summed E-state index contributed by atoms with van der Waals surface area (Å²) in [7, 11) is 0. The second-order valence-electron chi connectivity index (χ2n) is 7.22. The zero-order valence-corrected chi connectivity index (χ0v) is 17.7. The van der Waals surface area contributed by atoms with Crippen LogP contribution in [-0.4, -0.2) is 69.1 Å². The Morgan fingerprint density at radius 3 is 3.00 bits per heavy atom. The number of pyridine rings is 1. The van der Waals surface area contributed by atoms with E-state index in [-0.39, 0.29) is 23.3 Å². The van der Waals surface area contributed by atoms with Crippen molar-refractivity contribution in [2.75, 3.05) is 24.7 Å². The fourth-order valence-corrected chi connectivity index (χ4v) is 4.58. The molecule has 160 valence electrons. The van der Waals surface area contributed by atoms with Crippen molar-refractivity contribution in [3.63, 3.8) is 0 Å². The minimum atomic E-state index is -0.582. The molecule has 8 heteroatoms. The molecule has 2 atom stereocenters. The largest absolute Gasteiger partial charge is 0.507 e. The van der Waals surface area contributed by atoms with Gasteiger partial charge in [-0.05, 0) is 31.2 Å². The molecule has 30 heavy (non-hydrogen) atoms. The maximum absolute atomic E-state index is 13.3. The van der Waals surface area contributed by atoms with E-state index in [1.54, 1.807) is 49.1 Å². The summed E-state index contributed by atoms with van der Waals surface area (Å²) in [6.07, 6.45) is 2.54. The Kier molecular flexibility index (Phi) is 7.70. The van der Waals surface area contributed by atoms with E-state index < -0.39 is 6.10 Å². The fraction of sp³-hybridized carbons (Fsp3) is 0.409. The number of rotatable bonds is 8. The van der Waals surface area contributed by atoms with Gasteiger partial charge in [-0.2, -0.15) is 11.8 Å². The molecule has 0 spiro atoms. The maximum atomic E-state index is 13.3. The topological polar surface area (TPSA) is 100.0 Å². The van der Waals surface area contributed by atoms with Crippen LogP contribution in [0.25, 0.3) is 0 Å². The first kappa shape index (κ1) is 22.1. The predicted octanol–water partition coefficient (Wildman–Crippen LogP) is 2.55. The number of benzene rings is 1. The van der Waals surface area contributed by atoms with E-state index in [4.69, 9.17) is 4.74 Å². The lowest BCUT2D eigenvalue weighted by molar-refractivity contribution is 0.0679. The van der Waals surface area contributed by atoms with E-state index in [0.29, 0.717) is 49.3 Å². The van der Waals surface area contributed by atoms with Gasteiger partial charge in [-0.15, -0.1) is 0 Å². The number of nitrogens with zero attached hydrogens (tertiary/aromatic N) is 2. The Morgan fingerprint density at radius 2 is 2.23 bits per heavy atom. The summed E-state index contributed by atoms with van der Waals surface area (Å²) in [4.78, 5) is 30.6. The van der Waals surface area contributed by atoms with E-state index in [1.165, 1.54) is 6.07 Å². The van der Waals surface area contributed by atoms with E-state index in [9.17, 15) is 19.8 Å². The van der Waals surface area contributed by atoms with Crippen molar-refractivity contribution in [3.8, 4) is 11.5 Å². The number of amides is 1.